The minimum Gasteiger partial charge on any atom is -0.496 e. The number of nitrogens with zero attached hydrogens (tertiary/aromatic N) is 2. The molecule has 0 radical (unpaired) electrons. The van der Waals surface area contributed by atoms with Gasteiger partial charge in [0.05, 0.1) is 12.8 Å². The Hall–Kier alpha value is -1.36. The standard InChI is InChI=1S/C12H14BrN3O/c1-7-5-10(15-16-12(7)14)9-6-8(13)3-4-11(9)17-2/h3-4,6-7H,5H2,1-2H3,(H2,14,16). The third kappa shape index (κ3) is 2.49. The quantitative estimate of drug-likeness (QED) is 0.911. The first kappa shape index (κ1) is 12.1. The van der Waals surface area contributed by atoms with E-state index in [0.717, 1.165) is 27.9 Å². The molecule has 0 bridgehead atoms. The van der Waals surface area contributed by atoms with Crippen molar-refractivity contribution in [2.75, 3.05) is 7.11 Å². The van der Waals surface area contributed by atoms with E-state index in [1.807, 2.05) is 25.1 Å². The normalized spacial score (nSPS) is 19.6. The Kier molecular flexibility index (Phi) is 3.47. The number of rotatable bonds is 2. The number of ether oxygens (including phenoxy) is 1. The molecule has 1 aromatic carbocycles. The first-order chi connectivity index (χ1) is 8.11. The van der Waals surface area contributed by atoms with Gasteiger partial charge < -0.3 is 10.5 Å². The Labute approximate surface area is 109 Å². The second-order valence-corrected chi connectivity index (χ2v) is 4.94. The highest BCUT2D eigenvalue weighted by Gasteiger charge is 2.19. The first-order valence-electron chi connectivity index (χ1n) is 5.35. The van der Waals surface area contributed by atoms with Crippen LogP contribution in [-0.2, 0) is 0 Å². The molecule has 1 aromatic rings. The molecule has 1 unspecified atom stereocenters. The third-order valence-corrected chi connectivity index (χ3v) is 3.26. The maximum atomic E-state index is 5.72. The molecule has 2 rings (SSSR count). The molecule has 0 saturated heterocycles. The van der Waals surface area contributed by atoms with Crippen LogP contribution in [0.1, 0.15) is 18.9 Å². The third-order valence-electron chi connectivity index (χ3n) is 2.76. The summed E-state index contributed by atoms with van der Waals surface area (Å²) in [6, 6.07) is 5.84. The van der Waals surface area contributed by atoms with E-state index in [1.54, 1.807) is 7.11 Å². The van der Waals surface area contributed by atoms with Crippen LogP contribution in [-0.4, -0.2) is 18.7 Å². The predicted octanol–water partition coefficient (Wildman–Crippen LogP) is 2.56. The van der Waals surface area contributed by atoms with Crippen LogP contribution < -0.4 is 10.5 Å². The second kappa shape index (κ2) is 4.87. The number of amidine groups is 1. The molecule has 0 aliphatic carbocycles. The minimum absolute atomic E-state index is 0.214. The van der Waals surface area contributed by atoms with Gasteiger partial charge in [-0.15, -0.1) is 5.10 Å². The van der Waals surface area contributed by atoms with Gasteiger partial charge >= 0.3 is 0 Å². The van der Waals surface area contributed by atoms with Gasteiger partial charge in [-0.05, 0) is 18.2 Å². The van der Waals surface area contributed by atoms with Gasteiger partial charge in [0.1, 0.15) is 11.6 Å². The van der Waals surface area contributed by atoms with Gasteiger partial charge in [-0.2, -0.15) is 5.10 Å². The summed E-state index contributed by atoms with van der Waals surface area (Å²) in [7, 11) is 1.65. The maximum Gasteiger partial charge on any atom is 0.128 e. The summed E-state index contributed by atoms with van der Waals surface area (Å²) in [6.07, 6.45) is 0.780. The lowest BCUT2D eigenvalue weighted by Crippen LogP contribution is -2.27. The van der Waals surface area contributed by atoms with E-state index >= 15 is 0 Å². The first-order valence-corrected chi connectivity index (χ1v) is 6.15. The molecule has 1 heterocycles. The molecule has 90 valence electrons. The molecule has 0 spiro atoms. The fraction of sp³-hybridized carbons (Fsp3) is 0.333. The molecule has 5 heteroatoms. The molecule has 1 atom stereocenters. The Morgan fingerprint density at radius 3 is 2.82 bits per heavy atom. The van der Waals surface area contributed by atoms with Crippen LogP contribution in [0.25, 0.3) is 0 Å². The van der Waals surface area contributed by atoms with E-state index in [2.05, 4.69) is 26.1 Å². The average molecular weight is 296 g/mol. The lowest BCUT2D eigenvalue weighted by molar-refractivity contribution is 0.413. The van der Waals surface area contributed by atoms with Gasteiger partial charge in [-0.1, -0.05) is 22.9 Å². The Balaban J connectivity index is 2.44. The van der Waals surface area contributed by atoms with Gasteiger partial charge in [0.2, 0.25) is 0 Å². The maximum absolute atomic E-state index is 5.72. The zero-order chi connectivity index (χ0) is 12.4. The number of hydrogen-bond acceptors (Lipinski definition) is 4. The highest BCUT2D eigenvalue weighted by molar-refractivity contribution is 9.10. The lowest BCUT2D eigenvalue weighted by atomic mass is 9.97. The molecule has 1 aliphatic heterocycles. The van der Waals surface area contributed by atoms with Crippen LogP contribution in [0.15, 0.2) is 32.9 Å². The SMILES string of the molecule is COc1ccc(Br)cc1C1=NN=C(N)C(C)C1. The molecule has 0 amide bonds. The predicted molar refractivity (Wildman–Crippen MR) is 72.6 cm³/mol. The number of methoxy groups -OCH3 is 1. The van der Waals surface area contributed by atoms with Crippen molar-refractivity contribution in [2.24, 2.45) is 21.9 Å². The summed E-state index contributed by atoms with van der Waals surface area (Å²) in [4.78, 5) is 0. The number of halogens is 1. The van der Waals surface area contributed by atoms with Gasteiger partial charge in [-0.25, -0.2) is 0 Å². The van der Waals surface area contributed by atoms with Gasteiger partial charge in [0, 0.05) is 22.4 Å². The molecule has 1 aliphatic rings. The van der Waals surface area contributed by atoms with Crippen molar-refractivity contribution in [2.45, 2.75) is 13.3 Å². The van der Waals surface area contributed by atoms with E-state index in [4.69, 9.17) is 10.5 Å². The average Bonchev–Trinajstić information content (AvgIpc) is 2.32. The summed E-state index contributed by atoms with van der Waals surface area (Å²) in [5, 5.41) is 8.14. The smallest absolute Gasteiger partial charge is 0.128 e. The molecular formula is C12H14BrN3O. The van der Waals surface area contributed by atoms with Crippen LogP contribution in [0.5, 0.6) is 5.75 Å². The van der Waals surface area contributed by atoms with E-state index < -0.39 is 0 Å². The van der Waals surface area contributed by atoms with Crippen molar-refractivity contribution in [3.63, 3.8) is 0 Å². The van der Waals surface area contributed by atoms with Crippen LogP contribution in [0.2, 0.25) is 0 Å². The zero-order valence-electron chi connectivity index (χ0n) is 9.77. The van der Waals surface area contributed by atoms with Gasteiger partial charge in [-0.3, -0.25) is 0 Å². The van der Waals surface area contributed by atoms with Crippen LogP contribution >= 0.6 is 15.9 Å². The summed E-state index contributed by atoms with van der Waals surface area (Å²) in [6.45, 7) is 2.04. The molecule has 4 nitrogen and oxygen atoms in total. The van der Waals surface area contributed by atoms with Crippen molar-refractivity contribution >= 4 is 27.5 Å². The van der Waals surface area contributed by atoms with E-state index in [1.165, 1.54) is 0 Å². The Morgan fingerprint density at radius 1 is 1.41 bits per heavy atom. The van der Waals surface area contributed by atoms with E-state index in [0.29, 0.717) is 5.84 Å². The van der Waals surface area contributed by atoms with E-state index in [9.17, 15) is 0 Å². The molecule has 0 saturated carbocycles. The highest BCUT2D eigenvalue weighted by Crippen LogP contribution is 2.27. The van der Waals surface area contributed by atoms with E-state index in [-0.39, 0.29) is 5.92 Å². The summed E-state index contributed by atoms with van der Waals surface area (Å²) >= 11 is 3.45. The lowest BCUT2D eigenvalue weighted by Gasteiger charge is -2.17. The van der Waals surface area contributed by atoms with Crippen molar-refractivity contribution in [3.05, 3.63) is 28.2 Å². The van der Waals surface area contributed by atoms with Crippen molar-refractivity contribution < 1.29 is 4.74 Å². The Morgan fingerprint density at radius 2 is 2.18 bits per heavy atom. The molecule has 2 N–H and O–H groups in total. The van der Waals surface area contributed by atoms with Crippen LogP contribution in [0.4, 0.5) is 0 Å². The molecule has 0 aromatic heterocycles. The van der Waals surface area contributed by atoms with Crippen molar-refractivity contribution in [1.29, 1.82) is 0 Å². The van der Waals surface area contributed by atoms with Gasteiger partial charge in [0.15, 0.2) is 0 Å². The zero-order valence-corrected chi connectivity index (χ0v) is 11.4. The second-order valence-electron chi connectivity index (χ2n) is 4.02. The molecular weight excluding hydrogens is 282 g/mol. The number of benzene rings is 1. The monoisotopic (exact) mass is 295 g/mol. The Bertz CT molecular complexity index is 497. The fourth-order valence-electron chi connectivity index (χ4n) is 1.72. The number of hydrogen-bond donors (Lipinski definition) is 1. The van der Waals surface area contributed by atoms with Crippen LogP contribution in [0, 0.1) is 5.92 Å². The van der Waals surface area contributed by atoms with Crippen molar-refractivity contribution in [1.82, 2.24) is 0 Å². The number of nitrogens with two attached hydrogens (primary N) is 1. The summed E-state index contributed by atoms with van der Waals surface area (Å²) in [5.74, 6) is 1.60. The molecule has 17 heavy (non-hydrogen) atoms. The van der Waals surface area contributed by atoms with Gasteiger partial charge in [0.25, 0.3) is 0 Å². The fourth-order valence-corrected chi connectivity index (χ4v) is 2.08. The topological polar surface area (TPSA) is 60.0 Å². The van der Waals surface area contributed by atoms with Crippen LogP contribution in [0.3, 0.4) is 0 Å². The summed E-state index contributed by atoms with van der Waals surface area (Å²) < 4.78 is 6.33. The minimum atomic E-state index is 0.214. The van der Waals surface area contributed by atoms with Crippen molar-refractivity contribution in [3.8, 4) is 5.75 Å². The summed E-state index contributed by atoms with van der Waals surface area (Å²) in [5.41, 5.74) is 7.59. The highest BCUT2D eigenvalue weighted by atomic mass is 79.9. The molecule has 0 fully saturated rings. The largest absolute Gasteiger partial charge is 0.496 e.